The molecular weight excluding hydrogens is 514 g/mol. The number of Topliss-reactive ketones (excluding diaryl/α,β-unsaturated/α-hetero) is 1. The van der Waals surface area contributed by atoms with Crippen LogP contribution in [0.4, 0.5) is 16.2 Å². The third-order valence-corrected chi connectivity index (χ3v) is 6.99. The number of nitrogens with zero attached hydrogens (tertiary/aromatic N) is 2. The van der Waals surface area contributed by atoms with Gasteiger partial charge in [0.15, 0.2) is 5.78 Å². The molecule has 1 aromatic heterocycles. The van der Waals surface area contributed by atoms with Crippen LogP contribution in [0.1, 0.15) is 27.0 Å². The molecule has 1 aliphatic heterocycles. The largest absolute Gasteiger partial charge is 0.360 e. The van der Waals surface area contributed by atoms with E-state index in [0.717, 1.165) is 22.0 Å². The Hall–Kier alpha value is -5.50. The number of carbonyl (C=O) groups is 3. The second-order valence-electron chi connectivity index (χ2n) is 9.83. The Labute approximate surface area is 236 Å². The summed E-state index contributed by atoms with van der Waals surface area (Å²) < 4.78 is 0. The van der Waals surface area contributed by atoms with Gasteiger partial charge in [-0.3, -0.25) is 9.59 Å². The number of carbonyl (C=O) groups excluding carboxylic acids is 3. The SMILES string of the molecule is Cc1cccc(NC(=O)NC2N=C(c3ccccc3)c3ccccc3N(CC(=O)c3c[nH]c4ccccc34)C2=O)c1. The van der Waals surface area contributed by atoms with Crippen molar-refractivity contribution < 1.29 is 14.4 Å². The van der Waals surface area contributed by atoms with E-state index in [2.05, 4.69) is 15.6 Å². The zero-order chi connectivity index (χ0) is 28.3. The van der Waals surface area contributed by atoms with Gasteiger partial charge >= 0.3 is 6.03 Å². The Morgan fingerprint density at radius 2 is 1.66 bits per heavy atom. The molecule has 0 saturated carbocycles. The van der Waals surface area contributed by atoms with Gasteiger partial charge in [0.2, 0.25) is 6.17 Å². The first-order valence-corrected chi connectivity index (χ1v) is 13.3. The minimum Gasteiger partial charge on any atom is -0.360 e. The van der Waals surface area contributed by atoms with Gasteiger partial charge in [-0.05, 0) is 36.8 Å². The molecule has 0 spiro atoms. The second-order valence-corrected chi connectivity index (χ2v) is 9.83. The lowest BCUT2D eigenvalue weighted by Crippen LogP contribution is -2.49. The molecule has 0 radical (unpaired) electrons. The fourth-order valence-electron chi connectivity index (χ4n) is 5.06. The second kappa shape index (κ2) is 10.9. The lowest BCUT2D eigenvalue weighted by atomic mass is 10.00. The van der Waals surface area contributed by atoms with E-state index in [1.165, 1.54) is 4.90 Å². The molecule has 41 heavy (non-hydrogen) atoms. The zero-order valence-corrected chi connectivity index (χ0v) is 22.3. The number of benzene rings is 4. The molecule has 0 saturated heterocycles. The van der Waals surface area contributed by atoms with E-state index in [1.807, 2.05) is 97.9 Å². The minimum absolute atomic E-state index is 0.229. The number of fused-ring (bicyclic) bond motifs is 2. The van der Waals surface area contributed by atoms with Crippen LogP contribution < -0.4 is 15.5 Å². The molecule has 3 N–H and O–H groups in total. The monoisotopic (exact) mass is 541 g/mol. The van der Waals surface area contributed by atoms with Gasteiger partial charge < -0.3 is 20.5 Å². The number of amides is 3. The lowest BCUT2D eigenvalue weighted by Gasteiger charge is -2.25. The van der Waals surface area contributed by atoms with E-state index in [9.17, 15) is 14.4 Å². The van der Waals surface area contributed by atoms with Gasteiger partial charge in [-0.15, -0.1) is 0 Å². The highest BCUT2D eigenvalue weighted by Gasteiger charge is 2.34. The summed E-state index contributed by atoms with van der Waals surface area (Å²) in [6, 6.07) is 31.1. The minimum atomic E-state index is -1.28. The first-order valence-electron chi connectivity index (χ1n) is 13.3. The molecular formula is C33H27N5O3. The number of H-pyrrole nitrogens is 1. The highest BCUT2D eigenvalue weighted by atomic mass is 16.2. The Morgan fingerprint density at radius 3 is 2.49 bits per heavy atom. The highest BCUT2D eigenvalue weighted by molar-refractivity contribution is 6.22. The summed E-state index contributed by atoms with van der Waals surface area (Å²) in [5, 5.41) is 6.30. The van der Waals surface area contributed by atoms with Crippen LogP contribution in [0.5, 0.6) is 0 Å². The first kappa shape index (κ1) is 25.8. The zero-order valence-electron chi connectivity index (χ0n) is 22.3. The number of ketones is 1. The van der Waals surface area contributed by atoms with Gasteiger partial charge in [-0.25, -0.2) is 9.79 Å². The number of aliphatic imine (C=N–C) groups is 1. The van der Waals surface area contributed by atoms with E-state index < -0.39 is 18.1 Å². The number of aromatic amines is 1. The molecule has 0 bridgehead atoms. The lowest BCUT2D eigenvalue weighted by molar-refractivity contribution is -0.120. The van der Waals surface area contributed by atoms with E-state index in [4.69, 9.17) is 4.99 Å². The molecule has 8 heteroatoms. The van der Waals surface area contributed by atoms with Gasteiger partial charge in [0.25, 0.3) is 5.91 Å². The van der Waals surface area contributed by atoms with Gasteiger partial charge in [0, 0.05) is 39.5 Å². The molecule has 0 fully saturated rings. The number of anilines is 2. The average Bonchev–Trinajstić information content (AvgIpc) is 3.38. The number of urea groups is 1. The summed E-state index contributed by atoms with van der Waals surface area (Å²) in [6.45, 7) is 1.70. The topological polar surface area (TPSA) is 107 Å². The van der Waals surface area contributed by atoms with Gasteiger partial charge in [-0.1, -0.05) is 78.9 Å². The molecule has 6 rings (SSSR count). The van der Waals surface area contributed by atoms with Crippen molar-refractivity contribution in [2.24, 2.45) is 4.99 Å². The van der Waals surface area contributed by atoms with Crippen molar-refractivity contribution in [2.75, 3.05) is 16.8 Å². The number of hydrogen-bond donors (Lipinski definition) is 3. The molecule has 0 aliphatic carbocycles. The van der Waals surface area contributed by atoms with Crippen molar-refractivity contribution in [1.29, 1.82) is 0 Å². The van der Waals surface area contributed by atoms with Crippen LogP contribution in [0.3, 0.4) is 0 Å². The van der Waals surface area contributed by atoms with Crippen LogP contribution in [0, 0.1) is 6.92 Å². The van der Waals surface area contributed by atoms with Crippen molar-refractivity contribution >= 4 is 45.7 Å². The fourth-order valence-corrected chi connectivity index (χ4v) is 5.06. The average molecular weight is 542 g/mol. The summed E-state index contributed by atoms with van der Waals surface area (Å²) in [5.74, 6) is -0.757. The third-order valence-electron chi connectivity index (χ3n) is 6.99. The van der Waals surface area contributed by atoms with E-state index >= 15 is 0 Å². The van der Waals surface area contributed by atoms with E-state index in [-0.39, 0.29) is 12.3 Å². The van der Waals surface area contributed by atoms with E-state index in [0.29, 0.717) is 28.2 Å². The van der Waals surface area contributed by atoms with Crippen molar-refractivity contribution in [1.82, 2.24) is 10.3 Å². The molecule has 5 aromatic rings. The first-order chi connectivity index (χ1) is 20.0. The summed E-state index contributed by atoms with van der Waals surface area (Å²) in [5.41, 5.74) is 5.43. The summed E-state index contributed by atoms with van der Waals surface area (Å²) in [6.07, 6.45) is 0.385. The molecule has 1 atom stereocenters. The highest BCUT2D eigenvalue weighted by Crippen LogP contribution is 2.29. The van der Waals surface area contributed by atoms with Crippen LogP contribution in [0.15, 0.2) is 114 Å². The quantitative estimate of drug-likeness (QED) is 0.240. The van der Waals surface area contributed by atoms with Gasteiger partial charge in [0.05, 0.1) is 17.9 Å². The summed E-state index contributed by atoms with van der Waals surface area (Å²) in [7, 11) is 0. The number of nitrogens with one attached hydrogen (secondary N) is 3. The number of benzodiazepines with no additional fused rings is 1. The maximum Gasteiger partial charge on any atom is 0.321 e. The maximum atomic E-state index is 14.1. The number of hydrogen-bond acceptors (Lipinski definition) is 4. The Balaban J connectivity index is 1.39. The molecule has 202 valence electrons. The number of para-hydroxylation sites is 2. The summed E-state index contributed by atoms with van der Waals surface area (Å²) >= 11 is 0. The predicted octanol–water partition coefficient (Wildman–Crippen LogP) is 5.69. The van der Waals surface area contributed by atoms with E-state index in [1.54, 1.807) is 18.3 Å². The van der Waals surface area contributed by atoms with Gasteiger partial charge in [-0.2, -0.15) is 0 Å². The molecule has 8 nitrogen and oxygen atoms in total. The van der Waals surface area contributed by atoms with Crippen molar-refractivity contribution in [3.05, 3.63) is 132 Å². The van der Waals surface area contributed by atoms with Crippen LogP contribution in [-0.4, -0.2) is 41.1 Å². The number of rotatable bonds is 6. The van der Waals surface area contributed by atoms with Crippen LogP contribution in [0.25, 0.3) is 10.9 Å². The van der Waals surface area contributed by atoms with Crippen LogP contribution in [-0.2, 0) is 4.79 Å². The summed E-state index contributed by atoms with van der Waals surface area (Å²) in [4.78, 5) is 50.2. The Bertz CT molecular complexity index is 1810. The molecule has 4 aromatic carbocycles. The van der Waals surface area contributed by atoms with Crippen LogP contribution >= 0.6 is 0 Å². The smallest absolute Gasteiger partial charge is 0.321 e. The van der Waals surface area contributed by atoms with Gasteiger partial charge in [0.1, 0.15) is 0 Å². The number of aromatic nitrogens is 1. The number of aryl methyl sites for hydroxylation is 1. The Morgan fingerprint density at radius 1 is 0.902 bits per heavy atom. The van der Waals surface area contributed by atoms with Crippen molar-refractivity contribution in [3.63, 3.8) is 0 Å². The predicted molar refractivity (Wildman–Crippen MR) is 161 cm³/mol. The fraction of sp³-hybridized carbons (Fsp3) is 0.0909. The van der Waals surface area contributed by atoms with Crippen LogP contribution in [0.2, 0.25) is 0 Å². The maximum absolute atomic E-state index is 14.1. The van der Waals surface area contributed by atoms with Crippen molar-refractivity contribution in [3.8, 4) is 0 Å². The molecule has 3 amide bonds. The molecule has 1 unspecified atom stereocenters. The molecule has 1 aliphatic rings. The normalized spacial score (nSPS) is 14.7. The standard InChI is InChI=1S/C33H27N5O3/c1-21-10-9-13-23(18-21)35-33(41)37-31-32(40)38(20-29(39)26-19-34-27-16-7-5-14-24(26)27)28-17-8-6-15-25(28)30(36-31)22-11-3-2-4-12-22/h2-19,31,34H,20H2,1H3,(H2,35,37,41). The molecule has 2 heterocycles. The van der Waals surface area contributed by atoms with Crippen molar-refractivity contribution in [2.45, 2.75) is 13.1 Å². The third kappa shape index (κ3) is 5.23. The Kier molecular flexibility index (Phi) is 6.87.